The highest BCUT2D eigenvalue weighted by Gasteiger charge is 2.03. The number of hydrogen-bond donors (Lipinski definition) is 2. The summed E-state index contributed by atoms with van der Waals surface area (Å²) in [6.07, 6.45) is 0.353. The van der Waals surface area contributed by atoms with Crippen molar-refractivity contribution >= 4 is 11.6 Å². The van der Waals surface area contributed by atoms with E-state index >= 15 is 0 Å². The van der Waals surface area contributed by atoms with Crippen molar-refractivity contribution in [2.24, 2.45) is 5.73 Å². The molecule has 1 amide bonds. The van der Waals surface area contributed by atoms with E-state index in [4.69, 9.17) is 10.5 Å². The molecule has 4 heteroatoms. The van der Waals surface area contributed by atoms with Crippen molar-refractivity contribution in [1.82, 2.24) is 0 Å². The number of hydrogen-bond acceptors (Lipinski definition) is 3. The fraction of sp³-hybridized carbons (Fsp3) is 0.400. The number of ether oxygens (including phenoxy) is 1. The molecule has 0 unspecified atom stereocenters. The van der Waals surface area contributed by atoms with Gasteiger partial charge in [-0.25, -0.2) is 0 Å². The van der Waals surface area contributed by atoms with Crippen LogP contribution in [0.15, 0.2) is 18.2 Å². The quantitative estimate of drug-likeness (QED) is 0.625. The van der Waals surface area contributed by atoms with Gasteiger partial charge in [-0.3, -0.25) is 4.79 Å². The van der Waals surface area contributed by atoms with Crippen LogP contribution in [0.3, 0.4) is 0 Å². The van der Waals surface area contributed by atoms with Crippen LogP contribution in [0.1, 0.15) is 24.5 Å². The molecule has 0 aliphatic carbocycles. The Morgan fingerprint density at radius 2 is 2.21 bits per heavy atom. The predicted molar refractivity (Wildman–Crippen MR) is 76.9 cm³/mol. The zero-order valence-electron chi connectivity index (χ0n) is 11.5. The van der Waals surface area contributed by atoms with Gasteiger partial charge in [-0.15, -0.1) is 0 Å². The second kappa shape index (κ2) is 8.30. The SMILES string of the molecule is CCOCCC(=O)Nc1cc(C)cc(C#CCN)c1. The van der Waals surface area contributed by atoms with Crippen molar-refractivity contribution in [3.05, 3.63) is 29.3 Å². The van der Waals surface area contributed by atoms with E-state index in [1.54, 1.807) is 0 Å². The highest BCUT2D eigenvalue weighted by molar-refractivity contribution is 5.91. The summed E-state index contributed by atoms with van der Waals surface area (Å²) in [6, 6.07) is 5.71. The van der Waals surface area contributed by atoms with Gasteiger partial charge in [0, 0.05) is 17.9 Å². The average molecular weight is 260 g/mol. The summed E-state index contributed by atoms with van der Waals surface area (Å²) in [5.41, 5.74) is 7.99. The second-order valence-electron chi connectivity index (χ2n) is 4.09. The number of amides is 1. The monoisotopic (exact) mass is 260 g/mol. The van der Waals surface area contributed by atoms with E-state index in [9.17, 15) is 4.79 Å². The fourth-order valence-electron chi connectivity index (χ4n) is 1.61. The lowest BCUT2D eigenvalue weighted by Crippen LogP contribution is -2.14. The minimum absolute atomic E-state index is 0.0585. The molecule has 0 bridgehead atoms. The number of rotatable bonds is 5. The zero-order chi connectivity index (χ0) is 14.1. The van der Waals surface area contributed by atoms with Gasteiger partial charge in [0.2, 0.25) is 5.91 Å². The molecule has 19 heavy (non-hydrogen) atoms. The molecule has 1 rings (SSSR count). The van der Waals surface area contributed by atoms with Crippen LogP contribution in [0.25, 0.3) is 0 Å². The van der Waals surface area contributed by atoms with Crippen LogP contribution >= 0.6 is 0 Å². The Labute approximate surface area is 114 Å². The van der Waals surface area contributed by atoms with Crippen LogP contribution in [0.4, 0.5) is 5.69 Å². The maximum Gasteiger partial charge on any atom is 0.226 e. The van der Waals surface area contributed by atoms with E-state index in [1.165, 1.54) is 0 Å². The van der Waals surface area contributed by atoms with Gasteiger partial charge < -0.3 is 15.8 Å². The molecule has 0 aliphatic heterocycles. The molecule has 0 aliphatic rings. The molecular formula is C15H20N2O2. The van der Waals surface area contributed by atoms with E-state index in [2.05, 4.69) is 17.2 Å². The van der Waals surface area contributed by atoms with Gasteiger partial charge in [-0.2, -0.15) is 0 Å². The molecule has 1 aromatic rings. The maximum absolute atomic E-state index is 11.7. The summed E-state index contributed by atoms with van der Waals surface area (Å²) in [6.45, 7) is 5.25. The summed E-state index contributed by atoms with van der Waals surface area (Å²) < 4.78 is 5.15. The summed E-state index contributed by atoms with van der Waals surface area (Å²) in [4.78, 5) is 11.7. The van der Waals surface area contributed by atoms with Gasteiger partial charge in [0.15, 0.2) is 0 Å². The standard InChI is InChI=1S/C15H20N2O2/c1-3-19-8-6-15(18)17-14-10-12(2)9-13(11-14)5-4-7-16/h9-11H,3,6-8,16H2,1-2H3,(H,17,18). The van der Waals surface area contributed by atoms with E-state index in [0.717, 1.165) is 16.8 Å². The normalized spacial score (nSPS) is 9.63. The zero-order valence-corrected chi connectivity index (χ0v) is 11.5. The van der Waals surface area contributed by atoms with Gasteiger partial charge in [-0.05, 0) is 37.6 Å². The molecule has 0 atom stereocenters. The smallest absolute Gasteiger partial charge is 0.226 e. The molecule has 0 radical (unpaired) electrons. The number of carbonyl (C=O) groups excluding carboxylic acids is 1. The number of nitrogens with two attached hydrogens (primary N) is 1. The van der Waals surface area contributed by atoms with Gasteiger partial charge in [0.25, 0.3) is 0 Å². The van der Waals surface area contributed by atoms with Crippen molar-refractivity contribution in [2.75, 3.05) is 25.1 Å². The van der Waals surface area contributed by atoms with Gasteiger partial charge >= 0.3 is 0 Å². The minimum Gasteiger partial charge on any atom is -0.381 e. The van der Waals surface area contributed by atoms with Crippen molar-refractivity contribution in [1.29, 1.82) is 0 Å². The Morgan fingerprint density at radius 1 is 1.42 bits per heavy atom. The van der Waals surface area contributed by atoms with Crippen LogP contribution < -0.4 is 11.1 Å². The number of aryl methyl sites for hydroxylation is 1. The summed E-state index contributed by atoms with van der Waals surface area (Å²) >= 11 is 0. The Kier molecular flexibility index (Phi) is 6.65. The maximum atomic E-state index is 11.7. The third-order valence-electron chi connectivity index (χ3n) is 2.37. The lowest BCUT2D eigenvalue weighted by atomic mass is 10.1. The molecule has 0 spiro atoms. The summed E-state index contributed by atoms with van der Waals surface area (Å²) in [5.74, 6) is 5.70. The van der Waals surface area contributed by atoms with E-state index in [1.807, 2.05) is 32.0 Å². The van der Waals surface area contributed by atoms with Crippen LogP contribution in [0, 0.1) is 18.8 Å². The molecule has 1 aromatic carbocycles. The number of benzene rings is 1. The van der Waals surface area contributed by atoms with Crippen molar-refractivity contribution in [2.45, 2.75) is 20.3 Å². The third kappa shape index (κ3) is 6.05. The second-order valence-corrected chi connectivity index (χ2v) is 4.09. The van der Waals surface area contributed by atoms with Crippen LogP contribution in [-0.4, -0.2) is 25.7 Å². The van der Waals surface area contributed by atoms with Gasteiger partial charge in [-0.1, -0.05) is 11.8 Å². The highest BCUT2D eigenvalue weighted by Crippen LogP contribution is 2.14. The Morgan fingerprint density at radius 3 is 2.89 bits per heavy atom. The van der Waals surface area contributed by atoms with Crippen LogP contribution in [0.5, 0.6) is 0 Å². The molecule has 3 N–H and O–H groups in total. The third-order valence-corrected chi connectivity index (χ3v) is 2.37. The van der Waals surface area contributed by atoms with Gasteiger partial charge in [0.1, 0.15) is 0 Å². The van der Waals surface area contributed by atoms with E-state index in [0.29, 0.717) is 26.2 Å². The molecule has 0 saturated heterocycles. The van der Waals surface area contributed by atoms with Crippen LogP contribution in [0.2, 0.25) is 0 Å². The number of anilines is 1. The first-order chi connectivity index (χ1) is 9.15. The molecule has 4 nitrogen and oxygen atoms in total. The predicted octanol–water partition coefficient (Wildman–Crippen LogP) is 1.67. The minimum atomic E-state index is -0.0585. The lowest BCUT2D eigenvalue weighted by Gasteiger charge is -2.07. The Balaban J connectivity index is 2.67. The van der Waals surface area contributed by atoms with Crippen molar-refractivity contribution in [3.8, 4) is 11.8 Å². The Hall–Kier alpha value is -1.83. The largest absolute Gasteiger partial charge is 0.381 e. The molecule has 0 fully saturated rings. The van der Waals surface area contributed by atoms with E-state index in [-0.39, 0.29) is 5.91 Å². The molecule has 0 heterocycles. The molecule has 102 valence electrons. The van der Waals surface area contributed by atoms with Crippen molar-refractivity contribution < 1.29 is 9.53 Å². The summed E-state index contributed by atoms with van der Waals surface area (Å²) in [5, 5.41) is 2.84. The first-order valence-electron chi connectivity index (χ1n) is 6.34. The molecular weight excluding hydrogens is 240 g/mol. The Bertz CT molecular complexity index is 487. The molecule has 0 saturated carbocycles. The lowest BCUT2D eigenvalue weighted by molar-refractivity contribution is -0.117. The first kappa shape index (κ1) is 15.2. The summed E-state index contributed by atoms with van der Waals surface area (Å²) in [7, 11) is 0. The van der Waals surface area contributed by atoms with Gasteiger partial charge in [0.05, 0.1) is 19.6 Å². The average Bonchev–Trinajstić information content (AvgIpc) is 2.36. The topological polar surface area (TPSA) is 64.3 Å². The molecule has 0 aromatic heterocycles. The fourth-order valence-corrected chi connectivity index (χ4v) is 1.61. The van der Waals surface area contributed by atoms with E-state index < -0.39 is 0 Å². The highest BCUT2D eigenvalue weighted by atomic mass is 16.5. The van der Waals surface area contributed by atoms with Crippen molar-refractivity contribution in [3.63, 3.8) is 0 Å². The number of nitrogens with one attached hydrogen (secondary N) is 1. The van der Waals surface area contributed by atoms with Crippen LogP contribution in [-0.2, 0) is 9.53 Å². The number of carbonyl (C=O) groups is 1. The first-order valence-corrected chi connectivity index (χ1v) is 6.34.